The fourth-order valence-corrected chi connectivity index (χ4v) is 2.46. The molecule has 1 rings (SSSR count). The number of ether oxygens (including phenoxy) is 1. The molecule has 0 saturated carbocycles. The summed E-state index contributed by atoms with van der Waals surface area (Å²) in [7, 11) is -2.04. The Labute approximate surface area is 107 Å². The molecular formula is C10H22NO6P. The maximum atomic E-state index is 9.79. The maximum absolute atomic E-state index is 9.79. The van der Waals surface area contributed by atoms with Gasteiger partial charge in [0, 0.05) is 12.2 Å². The molecule has 1 heterocycles. The number of piperidine rings is 1. The zero-order valence-corrected chi connectivity index (χ0v) is 11.4. The Morgan fingerprint density at radius 1 is 1.11 bits per heavy atom. The Balaban J connectivity index is 2.62. The van der Waals surface area contributed by atoms with Gasteiger partial charge in [-0.2, -0.15) is 0 Å². The van der Waals surface area contributed by atoms with Gasteiger partial charge in [0.2, 0.25) is 0 Å². The molecule has 0 bridgehead atoms. The molecule has 8 heteroatoms. The van der Waals surface area contributed by atoms with Gasteiger partial charge in [-0.3, -0.25) is 5.32 Å². The van der Waals surface area contributed by atoms with E-state index in [2.05, 4.69) is 5.32 Å². The van der Waals surface area contributed by atoms with Gasteiger partial charge in [0.25, 0.3) is 0 Å². The molecule has 1 aliphatic heterocycles. The second-order valence-corrected chi connectivity index (χ2v) is 5.93. The zero-order chi connectivity index (χ0) is 13.9. The average Bonchev–Trinajstić information content (AvgIpc) is 2.27. The molecule has 3 unspecified atom stereocenters. The van der Waals surface area contributed by atoms with Gasteiger partial charge in [-0.05, 0) is 20.3 Å². The van der Waals surface area contributed by atoms with Crippen molar-refractivity contribution in [2.45, 2.75) is 57.0 Å². The third-order valence-corrected chi connectivity index (χ3v) is 3.52. The van der Waals surface area contributed by atoms with Crippen molar-refractivity contribution < 1.29 is 29.8 Å². The Hall–Kier alpha value is 0.150. The van der Waals surface area contributed by atoms with Crippen LogP contribution in [-0.2, 0) is 4.74 Å². The maximum Gasteiger partial charge on any atom is 0.164 e. The molecule has 0 spiro atoms. The highest BCUT2D eigenvalue weighted by molar-refractivity contribution is 7.45. The molecule has 0 aromatic heterocycles. The molecule has 0 aliphatic carbocycles. The smallest absolute Gasteiger partial charge is 0.164 e. The summed E-state index contributed by atoms with van der Waals surface area (Å²) in [6, 6.07) is -0.545. The van der Waals surface area contributed by atoms with Crippen molar-refractivity contribution in [1.29, 1.82) is 0 Å². The summed E-state index contributed by atoms with van der Waals surface area (Å²) in [5.74, 6) is 0. The lowest BCUT2D eigenvalue weighted by Gasteiger charge is -2.42. The van der Waals surface area contributed by atoms with E-state index in [1.54, 1.807) is 13.8 Å². The SMILES string of the molecule is CC(C)O[C@H]1NC(CCP(O)O)[C@@H](O)C(O)C1O. The Bertz CT molecular complexity index is 253. The van der Waals surface area contributed by atoms with Gasteiger partial charge in [0.05, 0.1) is 12.2 Å². The summed E-state index contributed by atoms with van der Waals surface area (Å²) in [5.41, 5.74) is 0. The molecule has 108 valence electrons. The minimum atomic E-state index is -2.04. The van der Waals surface area contributed by atoms with Crippen LogP contribution in [0.5, 0.6) is 0 Å². The van der Waals surface area contributed by atoms with Crippen molar-refractivity contribution in [2.24, 2.45) is 0 Å². The third kappa shape index (κ3) is 4.36. The second-order valence-electron chi connectivity index (χ2n) is 4.73. The van der Waals surface area contributed by atoms with Crippen LogP contribution in [0.4, 0.5) is 0 Å². The molecule has 0 radical (unpaired) electrons. The first-order valence-corrected chi connectivity index (χ1v) is 7.37. The summed E-state index contributed by atoms with van der Waals surface area (Å²) >= 11 is 0. The van der Waals surface area contributed by atoms with Gasteiger partial charge in [-0.25, -0.2) is 0 Å². The monoisotopic (exact) mass is 283 g/mol. The molecule has 6 N–H and O–H groups in total. The molecule has 0 amide bonds. The highest BCUT2D eigenvalue weighted by Gasteiger charge is 2.42. The summed E-state index contributed by atoms with van der Waals surface area (Å²) in [5, 5.41) is 32.1. The van der Waals surface area contributed by atoms with E-state index in [4.69, 9.17) is 14.5 Å². The van der Waals surface area contributed by atoms with E-state index in [9.17, 15) is 15.3 Å². The van der Waals surface area contributed by atoms with Crippen molar-refractivity contribution in [1.82, 2.24) is 5.32 Å². The predicted molar refractivity (Wildman–Crippen MR) is 65.8 cm³/mol. The van der Waals surface area contributed by atoms with Gasteiger partial charge in [0.1, 0.15) is 18.4 Å². The standard InChI is InChI=1S/C10H22NO6P/c1-5(2)17-10-9(14)8(13)7(12)6(11-10)3-4-18(15)16/h5-16H,3-4H2,1-2H3/t6?,7-,8?,9?,10-/m1/s1. The number of rotatable bonds is 5. The van der Waals surface area contributed by atoms with Crippen molar-refractivity contribution in [2.75, 3.05) is 6.16 Å². The fourth-order valence-electron chi connectivity index (χ4n) is 1.95. The van der Waals surface area contributed by atoms with Crippen molar-refractivity contribution in [3.05, 3.63) is 0 Å². The molecule has 0 aromatic rings. The topological polar surface area (TPSA) is 122 Å². The van der Waals surface area contributed by atoms with E-state index >= 15 is 0 Å². The van der Waals surface area contributed by atoms with Crippen LogP contribution in [0.1, 0.15) is 20.3 Å². The van der Waals surface area contributed by atoms with Crippen molar-refractivity contribution in [3.8, 4) is 0 Å². The minimum Gasteiger partial charge on any atom is -0.389 e. The third-order valence-electron chi connectivity index (χ3n) is 2.86. The molecule has 7 nitrogen and oxygen atoms in total. The first-order chi connectivity index (χ1) is 8.32. The quantitative estimate of drug-likeness (QED) is 0.339. The van der Waals surface area contributed by atoms with Crippen LogP contribution in [0, 0.1) is 0 Å². The normalized spacial score (nSPS) is 37.5. The summed E-state index contributed by atoms with van der Waals surface area (Å²) < 4.78 is 5.41. The van der Waals surface area contributed by atoms with Crippen LogP contribution in [0.2, 0.25) is 0 Å². The van der Waals surface area contributed by atoms with Crippen LogP contribution in [-0.4, -0.2) is 68.0 Å². The van der Waals surface area contributed by atoms with Gasteiger partial charge < -0.3 is 29.8 Å². The summed E-state index contributed by atoms with van der Waals surface area (Å²) in [6.07, 6.45) is -4.22. The van der Waals surface area contributed by atoms with E-state index in [1.165, 1.54) is 0 Å². The van der Waals surface area contributed by atoms with Crippen molar-refractivity contribution >= 4 is 8.38 Å². The number of nitrogens with one attached hydrogen (secondary N) is 1. The van der Waals surface area contributed by atoms with Crippen LogP contribution in [0.25, 0.3) is 0 Å². The first-order valence-electron chi connectivity index (χ1n) is 5.94. The van der Waals surface area contributed by atoms with E-state index in [-0.39, 0.29) is 18.7 Å². The molecule has 1 aliphatic rings. The van der Waals surface area contributed by atoms with E-state index < -0.39 is 39.0 Å². The lowest BCUT2D eigenvalue weighted by molar-refractivity contribution is -0.184. The molecule has 1 fully saturated rings. The molecule has 1 saturated heterocycles. The van der Waals surface area contributed by atoms with Gasteiger partial charge in [-0.1, -0.05) is 0 Å². The molecule has 5 atom stereocenters. The predicted octanol–water partition coefficient (Wildman–Crippen LogP) is -1.52. The minimum absolute atomic E-state index is 0.126. The largest absolute Gasteiger partial charge is 0.389 e. The Morgan fingerprint density at radius 3 is 2.22 bits per heavy atom. The van der Waals surface area contributed by atoms with Crippen LogP contribution in [0.3, 0.4) is 0 Å². The highest BCUT2D eigenvalue weighted by Crippen LogP contribution is 2.27. The van der Waals surface area contributed by atoms with Crippen LogP contribution in [0.15, 0.2) is 0 Å². The average molecular weight is 283 g/mol. The van der Waals surface area contributed by atoms with E-state index in [0.717, 1.165) is 0 Å². The fraction of sp³-hybridized carbons (Fsp3) is 1.00. The van der Waals surface area contributed by atoms with Gasteiger partial charge >= 0.3 is 0 Å². The summed E-state index contributed by atoms with van der Waals surface area (Å²) in [6.45, 7) is 3.59. The number of hydrogen-bond acceptors (Lipinski definition) is 7. The zero-order valence-electron chi connectivity index (χ0n) is 10.5. The Morgan fingerprint density at radius 2 is 1.72 bits per heavy atom. The molecular weight excluding hydrogens is 261 g/mol. The second kappa shape index (κ2) is 7.07. The van der Waals surface area contributed by atoms with E-state index in [1.807, 2.05) is 0 Å². The lowest BCUT2D eigenvalue weighted by atomic mass is 9.93. The number of hydrogen-bond donors (Lipinski definition) is 6. The van der Waals surface area contributed by atoms with Crippen LogP contribution >= 0.6 is 8.38 Å². The molecule has 0 aromatic carbocycles. The van der Waals surface area contributed by atoms with Gasteiger partial charge in [0.15, 0.2) is 8.38 Å². The Kier molecular flexibility index (Phi) is 6.37. The van der Waals surface area contributed by atoms with Gasteiger partial charge in [-0.15, -0.1) is 0 Å². The molecule has 18 heavy (non-hydrogen) atoms. The first kappa shape index (κ1) is 16.2. The van der Waals surface area contributed by atoms with E-state index in [0.29, 0.717) is 0 Å². The summed E-state index contributed by atoms with van der Waals surface area (Å²) in [4.78, 5) is 17.7. The highest BCUT2D eigenvalue weighted by atomic mass is 31.2. The van der Waals surface area contributed by atoms with Crippen molar-refractivity contribution in [3.63, 3.8) is 0 Å². The number of aliphatic hydroxyl groups is 3. The number of aliphatic hydroxyl groups excluding tert-OH is 3. The lowest BCUT2D eigenvalue weighted by Crippen LogP contribution is -2.65. The van der Waals surface area contributed by atoms with Crippen LogP contribution < -0.4 is 5.32 Å².